The molecular weight excluding hydrogens is 1630 g/mol. The first kappa shape index (κ1) is 84.3. The summed E-state index contributed by atoms with van der Waals surface area (Å²) in [6, 6.07) is 77.7. The first-order chi connectivity index (χ1) is 62.2. The van der Waals surface area contributed by atoms with Crippen molar-refractivity contribution < 1.29 is 54.0 Å². The number of azo groups is 4. The number of aromatic nitrogens is 8. The van der Waals surface area contributed by atoms with Gasteiger partial charge in [0.2, 0.25) is 11.6 Å². The number of primary amides is 3. The summed E-state index contributed by atoms with van der Waals surface area (Å²) in [4.78, 5) is 111. The average Bonchev–Trinajstić information content (AvgIpc) is 1.05. The van der Waals surface area contributed by atoms with Crippen LogP contribution in [0.2, 0.25) is 0 Å². The minimum Gasteiger partial charge on any atom is -0.505 e. The second kappa shape index (κ2) is 37.9. The molecule has 14 N–H and O–H groups in total. The van der Waals surface area contributed by atoms with Gasteiger partial charge in [0, 0.05) is 76.4 Å². The fourth-order valence-corrected chi connectivity index (χ4v) is 13.6. The molecule has 0 saturated heterocycles. The van der Waals surface area contributed by atoms with Gasteiger partial charge in [-0.2, -0.15) is 5.10 Å². The zero-order valence-electron chi connectivity index (χ0n) is 67.3. The van der Waals surface area contributed by atoms with E-state index in [0.29, 0.717) is 65.8 Å². The molecule has 7 amide bonds. The van der Waals surface area contributed by atoms with Crippen LogP contribution in [0.3, 0.4) is 0 Å². The SMILES string of the molecule is CNC(=O)c1cccnc1N=Nc1c(O)c(C(=O)Nc2ccccc2)cc2ccccc12.Cn1ncc2ncnc(N=Nc3c(O)c(C(=O)Nc4ccccc4C(N)=O)cc4ccccc34)c21.NC(=O)c1cc2ccccc2c(N=Nc2c3ccccc3nc3ccccc23)c1O.NC(=O)c1nccnc1N=Nc1c(O)c(C(=O)Nc2ccccc2)cc2ccccc12. The number of para-hydroxylation sites is 5. The van der Waals surface area contributed by atoms with Crippen molar-refractivity contribution in [2.75, 3.05) is 23.0 Å². The summed E-state index contributed by atoms with van der Waals surface area (Å²) >= 11 is 0. The van der Waals surface area contributed by atoms with E-state index >= 15 is 0 Å². The second-order valence-electron chi connectivity index (χ2n) is 27.8. The monoisotopic (exact) mass is 1700 g/mol. The summed E-state index contributed by atoms with van der Waals surface area (Å²) in [5.74, 6) is -5.33. The summed E-state index contributed by atoms with van der Waals surface area (Å²) in [5.41, 5.74) is 21.6. The van der Waals surface area contributed by atoms with Gasteiger partial charge >= 0.3 is 0 Å². The van der Waals surface area contributed by atoms with Gasteiger partial charge in [0.25, 0.3) is 41.4 Å². The van der Waals surface area contributed by atoms with Crippen LogP contribution >= 0.6 is 0 Å². The van der Waals surface area contributed by atoms with E-state index in [1.807, 2.05) is 97.1 Å². The number of nitrogens with two attached hydrogens (primary N) is 3. The average molecular weight is 1700 g/mol. The number of amides is 7. The largest absolute Gasteiger partial charge is 0.505 e. The number of carbonyl (C=O) groups is 7. The number of hydrogen-bond donors (Lipinski definition) is 11. The molecule has 0 aliphatic rings. The van der Waals surface area contributed by atoms with E-state index in [4.69, 9.17) is 17.2 Å². The van der Waals surface area contributed by atoms with Crippen LogP contribution in [-0.4, -0.2) is 109 Å². The number of benzene rings is 13. The Morgan fingerprint density at radius 2 is 0.711 bits per heavy atom. The molecule has 626 valence electrons. The first-order valence-electron chi connectivity index (χ1n) is 38.8. The number of nitrogens with one attached hydrogen (secondary N) is 4. The van der Waals surface area contributed by atoms with Crippen molar-refractivity contribution in [1.29, 1.82) is 0 Å². The maximum absolute atomic E-state index is 13.1. The maximum atomic E-state index is 13.1. The van der Waals surface area contributed by atoms with E-state index in [1.165, 1.54) is 44.1 Å². The molecule has 34 nitrogen and oxygen atoms in total. The molecule has 13 aromatic carbocycles. The van der Waals surface area contributed by atoms with Crippen molar-refractivity contribution in [3.05, 3.63) is 337 Å². The lowest BCUT2D eigenvalue weighted by molar-refractivity contribution is 0.0958. The van der Waals surface area contributed by atoms with Gasteiger partial charge in [-0.3, -0.25) is 38.2 Å². The molecule has 18 rings (SSSR count). The number of aromatic hydroxyl groups is 4. The number of phenolic OH excluding ortho intramolecular Hbond substituents is 3. The predicted octanol–water partition coefficient (Wildman–Crippen LogP) is 18.8. The number of rotatable bonds is 18. The highest BCUT2D eigenvalue weighted by Gasteiger charge is 2.26. The van der Waals surface area contributed by atoms with Gasteiger partial charge in [0.05, 0.1) is 56.3 Å². The van der Waals surface area contributed by atoms with Gasteiger partial charge in [0.15, 0.2) is 34.5 Å². The highest BCUT2D eigenvalue weighted by molar-refractivity contribution is 6.16. The Hall–Kier alpha value is -18.8. The number of carbonyl (C=O) groups excluding carboxylic acids is 7. The molecule has 128 heavy (non-hydrogen) atoms. The zero-order valence-corrected chi connectivity index (χ0v) is 67.3. The number of phenols is 4. The molecule has 18 aromatic rings. The van der Waals surface area contributed by atoms with Crippen LogP contribution in [0.5, 0.6) is 23.0 Å². The van der Waals surface area contributed by atoms with Gasteiger partial charge in [0.1, 0.15) is 45.8 Å². The van der Waals surface area contributed by atoms with Crippen LogP contribution in [0.4, 0.5) is 63.0 Å². The lowest BCUT2D eigenvalue weighted by Crippen LogP contribution is -2.18. The van der Waals surface area contributed by atoms with E-state index in [0.717, 1.165) is 27.2 Å². The van der Waals surface area contributed by atoms with Crippen LogP contribution in [0, 0.1) is 0 Å². The van der Waals surface area contributed by atoms with E-state index in [-0.39, 0.29) is 114 Å². The molecule has 0 bridgehead atoms. The van der Waals surface area contributed by atoms with E-state index in [2.05, 4.69) is 97.2 Å². The van der Waals surface area contributed by atoms with Gasteiger partial charge in [-0.05, 0) is 106 Å². The fraction of sp³-hybridized carbons (Fsp3) is 0.0213. The number of hydrogen-bond acceptors (Lipinski definition) is 26. The summed E-state index contributed by atoms with van der Waals surface area (Å²) in [6.07, 6.45) is 7.06. The Balaban J connectivity index is 0.000000131. The standard InChI is InChI=1S/C24H18N8O3.C24H19N5O3.C24H16N4O2.C22H16N6O3/c1-32-20-18(11-28-32)26-12-27-23(20)31-30-19-14-7-3-2-6-13(14)10-16(21(19)33)24(35)29-17-9-5-4-8-15(17)22(25)34;1-25-23(31)18-12-7-13-26-22(18)29-28-20-17-11-6-5-8-15(17)14-19(21(20)30)24(32)27-16-9-3-2-4-10-16;25-24(30)18-13-14-7-1-2-8-15(14)22(23(18)29)28-27-21-16-9-3-5-11-19(16)26-20-12-6-4-10-17(20)21;23-20(30)18-21(25-11-10-24-18)28-27-17-15-9-5-4-6-13(15)12-16(19(17)29)22(31)26-14-7-2-1-3-8-14/h2-12,33H,1H3,(H2,25,34)(H,29,35);2-14,30H,1H3,(H,25,31)(H,27,32);1-13,29H,(H2,25,30);1-12,29H,(H2,23,30)(H,26,31). The van der Waals surface area contributed by atoms with E-state index < -0.39 is 35.4 Å². The van der Waals surface area contributed by atoms with Gasteiger partial charge < -0.3 is 58.9 Å². The number of aryl methyl sites for hydroxylation is 1. The second-order valence-corrected chi connectivity index (χ2v) is 27.8. The van der Waals surface area contributed by atoms with Crippen molar-refractivity contribution in [3.63, 3.8) is 0 Å². The van der Waals surface area contributed by atoms with Crippen molar-refractivity contribution >= 4 is 180 Å². The number of pyridine rings is 2. The molecule has 34 heteroatoms. The molecule has 0 radical (unpaired) electrons. The summed E-state index contributed by atoms with van der Waals surface area (Å²) in [7, 11) is 3.23. The Labute approximate surface area is 723 Å². The van der Waals surface area contributed by atoms with E-state index in [9.17, 15) is 54.0 Å². The van der Waals surface area contributed by atoms with Crippen LogP contribution < -0.4 is 38.5 Å². The Morgan fingerprint density at radius 3 is 1.20 bits per heavy atom. The third-order valence-electron chi connectivity index (χ3n) is 19.7. The van der Waals surface area contributed by atoms with Gasteiger partial charge in [-0.1, -0.05) is 182 Å². The Morgan fingerprint density at radius 1 is 0.328 bits per heavy atom. The zero-order chi connectivity index (χ0) is 89.5. The van der Waals surface area contributed by atoms with Crippen LogP contribution in [0.15, 0.2) is 339 Å². The Bertz CT molecular complexity index is 7530. The minimum atomic E-state index is -0.813. The first-order valence-corrected chi connectivity index (χ1v) is 38.8. The van der Waals surface area contributed by atoms with E-state index in [1.54, 1.807) is 176 Å². The van der Waals surface area contributed by atoms with Crippen molar-refractivity contribution in [1.82, 2.24) is 45.0 Å². The molecule has 0 saturated carbocycles. The van der Waals surface area contributed by atoms with Crippen LogP contribution in [0.25, 0.3) is 75.9 Å². The lowest BCUT2D eigenvalue weighted by Gasteiger charge is -2.12. The van der Waals surface area contributed by atoms with Crippen molar-refractivity contribution in [3.8, 4) is 23.0 Å². The quantitative estimate of drug-likeness (QED) is 0.0281. The third-order valence-corrected chi connectivity index (χ3v) is 19.7. The number of nitrogens with zero attached hydrogens (tertiary/aromatic N) is 16. The fourth-order valence-electron chi connectivity index (χ4n) is 13.6. The number of anilines is 3. The normalized spacial score (nSPS) is 11.2. The van der Waals surface area contributed by atoms with Crippen molar-refractivity contribution in [2.45, 2.75) is 0 Å². The molecule has 5 aromatic heterocycles. The molecule has 0 spiro atoms. The summed E-state index contributed by atoms with van der Waals surface area (Å²) in [6.45, 7) is 0. The molecule has 0 aliphatic heterocycles. The van der Waals surface area contributed by atoms with Crippen molar-refractivity contribution in [2.24, 2.45) is 65.2 Å². The maximum Gasteiger partial charge on any atom is 0.271 e. The summed E-state index contributed by atoms with van der Waals surface area (Å²) < 4.78 is 1.57. The minimum absolute atomic E-state index is 0.00657. The topological polar surface area (TPSA) is 521 Å². The smallest absolute Gasteiger partial charge is 0.271 e. The molecule has 0 atom stereocenters. The molecule has 0 fully saturated rings. The molecule has 5 heterocycles. The highest BCUT2D eigenvalue weighted by atomic mass is 16.3. The van der Waals surface area contributed by atoms with Crippen LogP contribution in [-0.2, 0) is 7.05 Å². The highest BCUT2D eigenvalue weighted by Crippen LogP contribution is 2.46. The summed E-state index contributed by atoms with van der Waals surface area (Å²) in [5, 5.41) is 98.9. The molecular formula is C94H69N23O11. The lowest BCUT2D eigenvalue weighted by atomic mass is 10.0. The third kappa shape index (κ3) is 18.3. The molecule has 0 aliphatic carbocycles. The molecule has 0 unspecified atom stereocenters. The van der Waals surface area contributed by atoms with Gasteiger partial charge in [-0.25, -0.2) is 29.9 Å². The number of fused-ring (bicyclic) bond motifs is 7. The van der Waals surface area contributed by atoms with Gasteiger partial charge in [-0.15, -0.1) is 40.9 Å². The predicted molar refractivity (Wildman–Crippen MR) is 483 cm³/mol. The Kier molecular flexibility index (Phi) is 24.9. The van der Waals surface area contributed by atoms with Crippen LogP contribution in [0.1, 0.15) is 72.6 Å².